The van der Waals surface area contributed by atoms with E-state index in [9.17, 15) is 4.79 Å². The molecule has 1 aliphatic rings. The van der Waals surface area contributed by atoms with E-state index in [1.54, 1.807) is 19.3 Å². The summed E-state index contributed by atoms with van der Waals surface area (Å²) in [6.45, 7) is 4.30. The molecule has 0 saturated carbocycles. The Labute approximate surface area is 148 Å². The molecule has 1 aliphatic heterocycles. The molecule has 1 aromatic carbocycles. The molecule has 0 bridgehead atoms. The van der Waals surface area contributed by atoms with Crippen molar-refractivity contribution in [2.24, 2.45) is 5.92 Å². The van der Waals surface area contributed by atoms with E-state index >= 15 is 0 Å². The lowest BCUT2D eigenvalue weighted by molar-refractivity contribution is -0.127. The largest absolute Gasteiger partial charge is 0.481 e. The van der Waals surface area contributed by atoms with E-state index in [-0.39, 0.29) is 5.91 Å². The van der Waals surface area contributed by atoms with Gasteiger partial charge in [0.05, 0.1) is 0 Å². The molecule has 2 heterocycles. The number of nitrogens with zero attached hydrogens (tertiary/aromatic N) is 3. The third kappa shape index (κ3) is 4.92. The Balaban J connectivity index is 1.40. The van der Waals surface area contributed by atoms with Gasteiger partial charge in [-0.15, -0.1) is 0 Å². The number of piperidine rings is 1. The van der Waals surface area contributed by atoms with Gasteiger partial charge in [0.15, 0.2) is 6.10 Å². The van der Waals surface area contributed by atoms with Gasteiger partial charge in [-0.05, 0) is 43.9 Å². The number of amides is 1. The first-order valence-corrected chi connectivity index (χ1v) is 8.74. The van der Waals surface area contributed by atoms with Crippen LogP contribution < -0.4 is 15.0 Å². The van der Waals surface area contributed by atoms with Crippen LogP contribution in [-0.4, -0.2) is 41.6 Å². The molecule has 25 heavy (non-hydrogen) atoms. The first-order valence-electron chi connectivity index (χ1n) is 8.74. The Bertz CT molecular complexity index is 658. The molecule has 1 amide bonds. The van der Waals surface area contributed by atoms with Gasteiger partial charge >= 0.3 is 0 Å². The molecule has 0 radical (unpaired) electrons. The third-order valence-electron chi connectivity index (χ3n) is 4.44. The summed E-state index contributed by atoms with van der Waals surface area (Å²) in [6.07, 6.45) is 5.07. The molecule has 2 aromatic rings. The maximum absolute atomic E-state index is 12.2. The van der Waals surface area contributed by atoms with Gasteiger partial charge in [0.2, 0.25) is 5.95 Å². The molecule has 1 atom stereocenters. The van der Waals surface area contributed by atoms with Crippen molar-refractivity contribution in [1.29, 1.82) is 0 Å². The van der Waals surface area contributed by atoms with Gasteiger partial charge in [0.1, 0.15) is 5.75 Å². The summed E-state index contributed by atoms with van der Waals surface area (Å²) >= 11 is 0. The van der Waals surface area contributed by atoms with Gasteiger partial charge in [-0.3, -0.25) is 4.79 Å². The van der Waals surface area contributed by atoms with Crippen LogP contribution in [0.2, 0.25) is 0 Å². The zero-order chi connectivity index (χ0) is 17.5. The molecule has 0 aliphatic carbocycles. The number of hydrogen-bond donors (Lipinski definition) is 1. The normalized spacial score (nSPS) is 16.3. The number of hydrogen-bond acceptors (Lipinski definition) is 5. The average molecular weight is 340 g/mol. The standard InChI is InChI=1S/C19H24N4O2/c1-15(25-17-6-3-2-4-7-17)18(24)22-14-16-8-12-23(13-9-16)19-20-10-5-11-21-19/h2-7,10-11,15-16H,8-9,12-14H2,1H3,(H,22,24)/t15-/m1/s1. The van der Waals surface area contributed by atoms with Crippen LogP contribution in [0.1, 0.15) is 19.8 Å². The summed E-state index contributed by atoms with van der Waals surface area (Å²) in [7, 11) is 0. The second kappa shape index (κ2) is 8.46. The van der Waals surface area contributed by atoms with Crippen molar-refractivity contribution in [2.45, 2.75) is 25.9 Å². The third-order valence-corrected chi connectivity index (χ3v) is 4.44. The Kier molecular flexibility index (Phi) is 5.82. The van der Waals surface area contributed by atoms with Crippen LogP contribution in [0.3, 0.4) is 0 Å². The zero-order valence-corrected chi connectivity index (χ0v) is 14.5. The fraction of sp³-hybridized carbons (Fsp3) is 0.421. The Morgan fingerprint density at radius 3 is 2.56 bits per heavy atom. The van der Waals surface area contributed by atoms with Gasteiger partial charge in [-0.2, -0.15) is 0 Å². The Hall–Kier alpha value is -2.63. The van der Waals surface area contributed by atoms with Crippen molar-refractivity contribution in [2.75, 3.05) is 24.5 Å². The first kappa shape index (κ1) is 17.2. The molecular formula is C19H24N4O2. The fourth-order valence-electron chi connectivity index (χ4n) is 2.94. The summed E-state index contributed by atoms with van der Waals surface area (Å²) in [4.78, 5) is 23.0. The van der Waals surface area contributed by atoms with Crippen LogP contribution in [0.4, 0.5) is 5.95 Å². The van der Waals surface area contributed by atoms with Crippen molar-refractivity contribution >= 4 is 11.9 Å². The molecule has 0 spiro atoms. The second-order valence-electron chi connectivity index (χ2n) is 6.30. The average Bonchev–Trinajstić information content (AvgIpc) is 2.68. The smallest absolute Gasteiger partial charge is 0.260 e. The fourth-order valence-corrected chi connectivity index (χ4v) is 2.94. The van der Waals surface area contributed by atoms with E-state index in [2.05, 4.69) is 20.2 Å². The minimum Gasteiger partial charge on any atom is -0.481 e. The van der Waals surface area contributed by atoms with Crippen molar-refractivity contribution in [3.05, 3.63) is 48.8 Å². The lowest BCUT2D eigenvalue weighted by Gasteiger charge is -2.32. The highest BCUT2D eigenvalue weighted by Crippen LogP contribution is 2.19. The molecule has 1 N–H and O–H groups in total. The monoisotopic (exact) mass is 340 g/mol. The lowest BCUT2D eigenvalue weighted by Crippen LogP contribution is -2.42. The van der Waals surface area contributed by atoms with Crippen LogP contribution >= 0.6 is 0 Å². The highest BCUT2D eigenvalue weighted by Gasteiger charge is 2.22. The van der Waals surface area contributed by atoms with Crippen molar-refractivity contribution in [3.8, 4) is 5.75 Å². The van der Waals surface area contributed by atoms with Gasteiger partial charge in [-0.1, -0.05) is 18.2 Å². The van der Waals surface area contributed by atoms with Gasteiger partial charge in [0, 0.05) is 32.0 Å². The number of anilines is 1. The molecule has 6 nitrogen and oxygen atoms in total. The summed E-state index contributed by atoms with van der Waals surface area (Å²) in [6, 6.07) is 11.2. The lowest BCUT2D eigenvalue weighted by atomic mass is 9.97. The summed E-state index contributed by atoms with van der Waals surface area (Å²) in [5.41, 5.74) is 0. The number of benzene rings is 1. The van der Waals surface area contributed by atoms with Crippen molar-refractivity contribution in [3.63, 3.8) is 0 Å². The van der Waals surface area contributed by atoms with E-state index in [0.717, 1.165) is 31.9 Å². The molecule has 3 rings (SSSR count). The van der Waals surface area contributed by atoms with Gasteiger partial charge < -0.3 is 15.0 Å². The molecule has 6 heteroatoms. The number of carbonyl (C=O) groups is 1. The second-order valence-corrected chi connectivity index (χ2v) is 6.30. The minimum atomic E-state index is -0.500. The van der Waals surface area contributed by atoms with Crippen LogP contribution in [0, 0.1) is 5.92 Å². The van der Waals surface area contributed by atoms with Crippen LogP contribution in [-0.2, 0) is 4.79 Å². The minimum absolute atomic E-state index is 0.0716. The summed E-state index contributed by atoms with van der Waals surface area (Å²) < 4.78 is 5.65. The molecule has 1 aromatic heterocycles. The number of rotatable bonds is 6. The van der Waals surface area contributed by atoms with Crippen molar-refractivity contribution in [1.82, 2.24) is 15.3 Å². The Morgan fingerprint density at radius 1 is 1.20 bits per heavy atom. The highest BCUT2D eigenvalue weighted by atomic mass is 16.5. The molecule has 1 fully saturated rings. The van der Waals surface area contributed by atoms with Crippen molar-refractivity contribution < 1.29 is 9.53 Å². The van der Waals surface area contributed by atoms with E-state index in [4.69, 9.17) is 4.74 Å². The van der Waals surface area contributed by atoms with Crippen LogP contribution in [0.25, 0.3) is 0 Å². The van der Waals surface area contributed by atoms with E-state index in [1.165, 1.54) is 0 Å². The number of para-hydroxylation sites is 1. The zero-order valence-electron chi connectivity index (χ0n) is 14.5. The number of ether oxygens (including phenoxy) is 1. The Morgan fingerprint density at radius 2 is 1.88 bits per heavy atom. The number of nitrogens with one attached hydrogen (secondary N) is 1. The quantitative estimate of drug-likeness (QED) is 0.874. The molecule has 0 unspecified atom stereocenters. The van der Waals surface area contributed by atoms with E-state index in [0.29, 0.717) is 18.2 Å². The number of carbonyl (C=O) groups excluding carboxylic acids is 1. The SMILES string of the molecule is C[C@@H](Oc1ccccc1)C(=O)NCC1CCN(c2ncccn2)CC1. The molecule has 1 saturated heterocycles. The first-order chi connectivity index (χ1) is 12.2. The van der Waals surface area contributed by atoms with E-state index < -0.39 is 6.10 Å². The summed E-state index contributed by atoms with van der Waals surface area (Å²) in [5, 5.41) is 3.01. The van der Waals surface area contributed by atoms with Gasteiger partial charge in [0.25, 0.3) is 5.91 Å². The predicted molar refractivity (Wildman–Crippen MR) is 96.5 cm³/mol. The van der Waals surface area contributed by atoms with E-state index in [1.807, 2.05) is 36.4 Å². The summed E-state index contributed by atoms with van der Waals surface area (Å²) in [5.74, 6) is 1.90. The maximum Gasteiger partial charge on any atom is 0.260 e. The molecule has 132 valence electrons. The van der Waals surface area contributed by atoms with Crippen LogP contribution in [0.5, 0.6) is 5.75 Å². The van der Waals surface area contributed by atoms with Gasteiger partial charge in [-0.25, -0.2) is 9.97 Å². The maximum atomic E-state index is 12.2. The molecular weight excluding hydrogens is 316 g/mol. The highest BCUT2D eigenvalue weighted by molar-refractivity contribution is 5.80. The number of aromatic nitrogens is 2. The van der Waals surface area contributed by atoms with Crippen LogP contribution in [0.15, 0.2) is 48.8 Å². The predicted octanol–water partition coefficient (Wildman–Crippen LogP) is 2.28. The topological polar surface area (TPSA) is 67.3 Å².